The quantitative estimate of drug-likeness (QED) is 0.273. The van der Waals surface area contributed by atoms with Crippen molar-refractivity contribution in [3.05, 3.63) is 89.3 Å². The first kappa shape index (κ1) is 20.8. The average Bonchev–Trinajstić information content (AvgIpc) is 3.37. The fraction of sp³-hybridized carbons (Fsp3) is 0.120. The Labute approximate surface area is 193 Å². The van der Waals surface area contributed by atoms with Crippen LogP contribution >= 0.6 is 11.3 Å². The number of benzene rings is 2. The summed E-state index contributed by atoms with van der Waals surface area (Å²) >= 11 is 1.29. The molecule has 1 aliphatic rings. The Morgan fingerprint density at radius 1 is 1.09 bits per heavy atom. The maximum absolute atomic E-state index is 13.3. The van der Waals surface area contributed by atoms with Crippen molar-refractivity contribution in [1.82, 2.24) is 9.97 Å². The highest BCUT2D eigenvalue weighted by Crippen LogP contribution is 2.44. The van der Waals surface area contributed by atoms with Crippen LogP contribution in [0, 0.1) is 6.92 Å². The number of carbonyl (C=O) groups excluding carboxylic acids is 2. The number of Topliss-reactive ketones (excluding diaryl/α,β-unsaturated/α-hetero) is 1. The number of aromatic nitrogens is 2. The van der Waals surface area contributed by atoms with Gasteiger partial charge in [-0.1, -0.05) is 41.2 Å². The Morgan fingerprint density at radius 2 is 1.88 bits per heavy atom. The van der Waals surface area contributed by atoms with E-state index in [-0.39, 0.29) is 11.3 Å². The third-order valence-electron chi connectivity index (χ3n) is 5.55. The summed E-state index contributed by atoms with van der Waals surface area (Å²) in [4.78, 5) is 36.5. The summed E-state index contributed by atoms with van der Waals surface area (Å²) in [6, 6.07) is 15.4. The molecule has 1 atom stereocenters. The Bertz CT molecular complexity index is 1430. The SMILES string of the molecule is COc1ccc2nc(N3C(=O)C(=O)/C(=C(/O)c4ccncc4)C3c3cccc(C)c3)sc2c1. The zero-order chi connectivity index (χ0) is 23.1. The van der Waals surface area contributed by atoms with E-state index in [0.717, 1.165) is 10.3 Å². The highest BCUT2D eigenvalue weighted by atomic mass is 32.1. The van der Waals surface area contributed by atoms with Crippen LogP contribution in [0.15, 0.2) is 72.6 Å². The summed E-state index contributed by atoms with van der Waals surface area (Å²) in [6.45, 7) is 1.93. The minimum absolute atomic E-state index is 0.0219. The molecule has 1 unspecified atom stereocenters. The normalized spacial score (nSPS) is 17.6. The van der Waals surface area contributed by atoms with Crippen LogP contribution in [-0.2, 0) is 9.59 Å². The van der Waals surface area contributed by atoms with E-state index in [4.69, 9.17) is 4.74 Å². The van der Waals surface area contributed by atoms with Crippen molar-refractivity contribution >= 4 is 44.1 Å². The Balaban J connectivity index is 1.73. The molecule has 164 valence electrons. The maximum atomic E-state index is 13.3. The lowest BCUT2D eigenvalue weighted by Crippen LogP contribution is -2.29. The summed E-state index contributed by atoms with van der Waals surface area (Å²) in [6.07, 6.45) is 3.04. The number of rotatable bonds is 4. The van der Waals surface area contributed by atoms with Crippen molar-refractivity contribution in [3.8, 4) is 5.75 Å². The molecule has 0 aliphatic carbocycles. The van der Waals surface area contributed by atoms with E-state index in [2.05, 4.69) is 9.97 Å². The second-order valence-corrected chi connectivity index (χ2v) is 8.66. The summed E-state index contributed by atoms with van der Waals surface area (Å²) in [7, 11) is 1.58. The predicted molar refractivity (Wildman–Crippen MR) is 126 cm³/mol. The first-order chi connectivity index (χ1) is 16.0. The van der Waals surface area contributed by atoms with Gasteiger partial charge in [0.1, 0.15) is 11.5 Å². The zero-order valence-electron chi connectivity index (χ0n) is 17.9. The smallest absolute Gasteiger partial charge is 0.301 e. The fourth-order valence-electron chi connectivity index (χ4n) is 3.97. The molecule has 5 rings (SSSR count). The van der Waals surface area contributed by atoms with Gasteiger partial charge in [0.2, 0.25) is 0 Å². The van der Waals surface area contributed by atoms with Gasteiger partial charge in [-0.15, -0.1) is 0 Å². The summed E-state index contributed by atoms with van der Waals surface area (Å²) in [5.41, 5.74) is 2.80. The molecule has 8 heteroatoms. The molecule has 7 nitrogen and oxygen atoms in total. The molecule has 1 fully saturated rings. The molecule has 4 aromatic rings. The van der Waals surface area contributed by atoms with Crippen molar-refractivity contribution in [3.63, 3.8) is 0 Å². The molecule has 33 heavy (non-hydrogen) atoms. The van der Waals surface area contributed by atoms with E-state index in [1.807, 2.05) is 43.3 Å². The molecule has 2 aromatic carbocycles. The number of amides is 1. The number of nitrogens with zero attached hydrogens (tertiary/aromatic N) is 3. The van der Waals surface area contributed by atoms with Crippen molar-refractivity contribution < 1.29 is 19.4 Å². The number of hydrogen-bond donors (Lipinski definition) is 1. The molecule has 0 spiro atoms. The molecule has 1 aliphatic heterocycles. The fourth-order valence-corrected chi connectivity index (χ4v) is 4.99. The molecule has 0 saturated carbocycles. The second-order valence-electron chi connectivity index (χ2n) is 7.65. The van der Waals surface area contributed by atoms with Crippen LogP contribution in [0.25, 0.3) is 16.0 Å². The van der Waals surface area contributed by atoms with Gasteiger partial charge in [-0.05, 0) is 42.8 Å². The van der Waals surface area contributed by atoms with Gasteiger partial charge in [-0.2, -0.15) is 0 Å². The van der Waals surface area contributed by atoms with Gasteiger partial charge in [0.25, 0.3) is 5.78 Å². The maximum Gasteiger partial charge on any atom is 0.301 e. The van der Waals surface area contributed by atoms with Crippen molar-refractivity contribution in [2.24, 2.45) is 0 Å². The number of methoxy groups -OCH3 is 1. The second kappa shape index (κ2) is 8.14. The standard InChI is InChI=1S/C25H19N3O4S/c1-14-4-3-5-16(12-14)21-20(22(29)15-8-10-26-11-9-15)23(30)24(31)28(21)25-27-18-7-6-17(32-2)13-19(18)33-25/h3-13,21,29H,1-2H3/b22-20+. The van der Waals surface area contributed by atoms with Crippen LogP contribution in [0.5, 0.6) is 5.75 Å². The molecule has 0 bridgehead atoms. The number of anilines is 1. The highest BCUT2D eigenvalue weighted by Gasteiger charge is 2.48. The van der Waals surface area contributed by atoms with E-state index in [0.29, 0.717) is 27.5 Å². The third-order valence-corrected chi connectivity index (χ3v) is 6.56. The van der Waals surface area contributed by atoms with Gasteiger partial charge in [-0.3, -0.25) is 19.5 Å². The number of aliphatic hydroxyl groups excluding tert-OH is 1. The Morgan fingerprint density at radius 3 is 2.61 bits per heavy atom. The number of aryl methyl sites for hydroxylation is 1. The molecule has 3 heterocycles. The molecule has 2 aromatic heterocycles. The van der Waals surface area contributed by atoms with Gasteiger partial charge in [0.15, 0.2) is 5.13 Å². The number of fused-ring (bicyclic) bond motifs is 1. The molecule has 1 amide bonds. The van der Waals surface area contributed by atoms with Crippen LogP contribution in [0.4, 0.5) is 5.13 Å². The highest BCUT2D eigenvalue weighted by molar-refractivity contribution is 7.22. The van der Waals surface area contributed by atoms with Crippen LogP contribution in [0.3, 0.4) is 0 Å². The largest absolute Gasteiger partial charge is 0.507 e. The topological polar surface area (TPSA) is 92.6 Å². The van der Waals surface area contributed by atoms with Crippen molar-refractivity contribution in [2.75, 3.05) is 12.0 Å². The van der Waals surface area contributed by atoms with E-state index in [1.54, 1.807) is 25.3 Å². The molecule has 1 N–H and O–H groups in total. The van der Waals surface area contributed by atoms with Crippen molar-refractivity contribution in [2.45, 2.75) is 13.0 Å². The van der Waals surface area contributed by atoms with Gasteiger partial charge in [-0.25, -0.2) is 4.98 Å². The monoisotopic (exact) mass is 457 g/mol. The summed E-state index contributed by atoms with van der Waals surface area (Å²) in [5, 5.41) is 11.5. The first-order valence-electron chi connectivity index (χ1n) is 10.2. The molecule has 0 radical (unpaired) electrons. The number of thiazole rings is 1. The van der Waals surface area contributed by atoms with Crippen LogP contribution in [-0.4, -0.2) is 33.9 Å². The van der Waals surface area contributed by atoms with Crippen LogP contribution < -0.4 is 9.64 Å². The number of carbonyl (C=O) groups is 2. The van der Waals surface area contributed by atoms with Gasteiger partial charge >= 0.3 is 5.91 Å². The van der Waals surface area contributed by atoms with Crippen molar-refractivity contribution in [1.29, 1.82) is 0 Å². The van der Waals surface area contributed by atoms with E-state index < -0.39 is 17.7 Å². The lowest BCUT2D eigenvalue weighted by molar-refractivity contribution is -0.132. The average molecular weight is 458 g/mol. The molecular formula is C25H19N3O4S. The van der Waals surface area contributed by atoms with Crippen LogP contribution in [0.2, 0.25) is 0 Å². The predicted octanol–water partition coefficient (Wildman–Crippen LogP) is 4.63. The van der Waals surface area contributed by atoms with E-state index >= 15 is 0 Å². The minimum Gasteiger partial charge on any atom is -0.507 e. The number of ether oxygens (including phenoxy) is 1. The summed E-state index contributed by atoms with van der Waals surface area (Å²) < 4.78 is 6.12. The third kappa shape index (κ3) is 3.54. The molecule has 1 saturated heterocycles. The van der Waals surface area contributed by atoms with E-state index in [9.17, 15) is 14.7 Å². The lowest BCUT2D eigenvalue weighted by atomic mass is 9.95. The Kier molecular flexibility index (Phi) is 5.14. The van der Waals surface area contributed by atoms with Gasteiger partial charge in [0.05, 0.1) is 28.9 Å². The minimum atomic E-state index is -0.819. The van der Waals surface area contributed by atoms with Gasteiger partial charge < -0.3 is 9.84 Å². The number of ketones is 1. The molecular weight excluding hydrogens is 438 g/mol. The van der Waals surface area contributed by atoms with E-state index in [1.165, 1.54) is 28.6 Å². The van der Waals surface area contributed by atoms with Crippen LogP contribution in [0.1, 0.15) is 22.7 Å². The summed E-state index contributed by atoms with van der Waals surface area (Å²) in [5.74, 6) is -1.06. The first-order valence-corrected chi connectivity index (χ1v) is 11.0. The Hall–Kier alpha value is -4.04. The van der Waals surface area contributed by atoms with Gasteiger partial charge in [0, 0.05) is 18.0 Å². The number of pyridine rings is 1. The lowest BCUT2D eigenvalue weighted by Gasteiger charge is -2.23. The zero-order valence-corrected chi connectivity index (χ0v) is 18.7. The number of hydrogen-bond acceptors (Lipinski definition) is 7. The number of aliphatic hydroxyl groups is 1.